The predicted octanol–water partition coefficient (Wildman–Crippen LogP) is 4.67. The fourth-order valence-electron chi connectivity index (χ4n) is 4.56. The predicted molar refractivity (Wildman–Crippen MR) is 127 cm³/mol. The molecule has 3 heterocycles. The zero-order valence-corrected chi connectivity index (χ0v) is 19.0. The molecule has 0 N–H and O–H groups in total. The molecule has 2 aromatic carbocycles. The van der Waals surface area contributed by atoms with Crippen LogP contribution >= 0.6 is 11.3 Å². The summed E-state index contributed by atoms with van der Waals surface area (Å²) in [5.74, 6) is 0.0472. The van der Waals surface area contributed by atoms with Crippen molar-refractivity contribution in [3.63, 3.8) is 0 Å². The lowest BCUT2D eigenvalue weighted by atomic mass is 10.0. The molecular weight excluding hydrogens is 406 g/mol. The minimum atomic E-state index is -0.112. The molecule has 0 bridgehead atoms. The number of amides is 1. The Morgan fingerprint density at radius 1 is 1.13 bits per heavy atom. The molecule has 31 heavy (non-hydrogen) atoms. The number of nitrogens with zero attached hydrogens (tertiary/aromatic N) is 3. The monoisotopic (exact) mass is 433 g/mol. The SMILES string of the molecule is CN(C)C(=O)c1sc2ccccc2c1C1CN(Cc2cn(C)c3ccccc23)CCO1. The molecular formula is C25H27N3O2S. The molecule has 1 aliphatic heterocycles. The molecule has 5 rings (SSSR count). The van der Waals surface area contributed by atoms with Gasteiger partial charge in [-0.3, -0.25) is 9.69 Å². The van der Waals surface area contributed by atoms with Gasteiger partial charge in [0.25, 0.3) is 5.91 Å². The van der Waals surface area contributed by atoms with Gasteiger partial charge in [0.15, 0.2) is 0 Å². The highest BCUT2D eigenvalue weighted by atomic mass is 32.1. The maximum Gasteiger partial charge on any atom is 0.263 e. The average molecular weight is 434 g/mol. The summed E-state index contributed by atoms with van der Waals surface area (Å²) in [5, 5.41) is 2.44. The normalized spacial score (nSPS) is 17.5. The Morgan fingerprint density at radius 3 is 2.68 bits per heavy atom. The number of rotatable bonds is 4. The third-order valence-electron chi connectivity index (χ3n) is 6.08. The number of morpholine rings is 1. The first-order valence-corrected chi connectivity index (χ1v) is 11.4. The summed E-state index contributed by atoms with van der Waals surface area (Å²) in [7, 11) is 5.72. The summed E-state index contributed by atoms with van der Waals surface area (Å²) in [6.45, 7) is 3.20. The van der Waals surface area contributed by atoms with Gasteiger partial charge >= 0.3 is 0 Å². The van der Waals surface area contributed by atoms with Crippen LogP contribution in [0.4, 0.5) is 0 Å². The van der Waals surface area contributed by atoms with E-state index in [0.717, 1.165) is 40.2 Å². The van der Waals surface area contributed by atoms with Crippen molar-refractivity contribution in [1.82, 2.24) is 14.4 Å². The summed E-state index contributed by atoms with van der Waals surface area (Å²) in [5.41, 5.74) is 3.63. The average Bonchev–Trinajstić information content (AvgIpc) is 3.32. The second-order valence-electron chi connectivity index (χ2n) is 8.42. The number of aryl methyl sites for hydroxylation is 1. The van der Waals surface area contributed by atoms with Gasteiger partial charge in [-0.15, -0.1) is 11.3 Å². The van der Waals surface area contributed by atoms with Crippen molar-refractivity contribution in [1.29, 1.82) is 0 Å². The van der Waals surface area contributed by atoms with E-state index in [0.29, 0.717) is 6.61 Å². The van der Waals surface area contributed by atoms with E-state index < -0.39 is 0 Å². The van der Waals surface area contributed by atoms with Crippen LogP contribution in [0.1, 0.15) is 26.9 Å². The van der Waals surface area contributed by atoms with Crippen molar-refractivity contribution >= 4 is 38.2 Å². The lowest BCUT2D eigenvalue weighted by Gasteiger charge is -2.33. The molecule has 0 aliphatic carbocycles. The van der Waals surface area contributed by atoms with Crippen LogP contribution in [0.15, 0.2) is 54.7 Å². The fourth-order valence-corrected chi connectivity index (χ4v) is 5.84. The first kappa shape index (κ1) is 20.2. The van der Waals surface area contributed by atoms with E-state index in [1.54, 1.807) is 16.2 Å². The Balaban J connectivity index is 1.47. The molecule has 0 saturated carbocycles. The van der Waals surface area contributed by atoms with E-state index >= 15 is 0 Å². The van der Waals surface area contributed by atoms with Gasteiger partial charge in [0.2, 0.25) is 0 Å². The molecule has 1 atom stereocenters. The van der Waals surface area contributed by atoms with Crippen molar-refractivity contribution < 1.29 is 9.53 Å². The third kappa shape index (κ3) is 3.65. The number of para-hydroxylation sites is 1. The Labute approximate surface area is 186 Å². The summed E-state index contributed by atoms with van der Waals surface area (Å²) in [6.07, 6.45) is 2.12. The third-order valence-corrected chi connectivity index (χ3v) is 7.25. The summed E-state index contributed by atoms with van der Waals surface area (Å²) >= 11 is 1.57. The zero-order chi connectivity index (χ0) is 21.5. The Hall–Kier alpha value is -2.67. The molecule has 4 aromatic rings. The summed E-state index contributed by atoms with van der Waals surface area (Å²) in [4.78, 5) is 17.9. The molecule has 1 unspecified atom stereocenters. The van der Waals surface area contributed by atoms with E-state index in [1.807, 2.05) is 26.2 Å². The highest BCUT2D eigenvalue weighted by Gasteiger charge is 2.30. The minimum absolute atomic E-state index is 0.0472. The molecule has 0 radical (unpaired) electrons. The molecule has 160 valence electrons. The number of carbonyl (C=O) groups excluding carboxylic acids is 1. The van der Waals surface area contributed by atoms with Crippen LogP contribution in [0.2, 0.25) is 0 Å². The lowest BCUT2D eigenvalue weighted by molar-refractivity contribution is -0.0322. The van der Waals surface area contributed by atoms with E-state index in [4.69, 9.17) is 4.74 Å². The van der Waals surface area contributed by atoms with Crippen LogP contribution in [0.5, 0.6) is 0 Å². The smallest absolute Gasteiger partial charge is 0.263 e. The van der Waals surface area contributed by atoms with Crippen LogP contribution < -0.4 is 0 Å². The second-order valence-corrected chi connectivity index (χ2v) is 9.47. The van der Waals surface area contributed by atoms with Gasteiger partial charge in [0.1, 0.15) is 0 Å². The molecule has 2 aromatic heterocycles. The number of thiophene rings is 1. The number of carbonyl (C=O) groups is 1. The minimum Gasteiger partial charge on any atom is -0.371 e. The van der Waals surface area contributed by atoms with Crippen molar-refractivity contribution in [3.05, 3.63) is 70.7 Å². The topological polar surface area (TPSA) is 37.7 Å². The zero-order valence-electron chi connectivity index (χ0n) is 18.2. The van der Waals surface area contributed by atoms with Crippen molar-refractivity contribution in [2.75, 3.05) is 33.8 Å². The number of hydrogen-bond donors (Lipinski definition) is 0. The maximum absolute atomic E-state index is 13.0. The number of ether oxygens (including phenoxy) is 1. The lowest BCUT2D eigenvalue weighted by Crippen LogP contribution is -2.38. The van der Waals surface area contributed by atoms with Gasteiger partial charge in [0.05, 0.1) is 17.6 Å². The Morgan fingerprint density at radius 2 is 1.87 bits per heavy atom. The molecule has 1 saturated heterocycles. The van der Waals surface area contributed by atoms with Gasteiger partial charge in [-0.1, -0.05) is 36.4 Å². The van der Waals surface area contributed by atoms with Crippen molar-refractivity contribution in [3.8, 4) is 0 Å². The molecule has 5 nitrogen and oxygen atoms in total. The van der Waals surface area contributed by atoms with Crippen LogP contribution in [0.25, 0.3) is 21.0 Å². The summed E-state index contributed by atoms with van der Waals surface area (Å²) < 4.78 is 9.58. The van der Waals surface area contributed by atoms with E-state index in [9.17, 15) is 4.79 Å². The first-order valence-electron chi connectivity index (χ1n) is 10.6. The van der Waals surface area contributed by atoms with Crippen LogP contribution in [0.3, 0.4) is 0 Å². The van der Waals surface area contributed by atoms with Crippen LogP contribution in [-0.4, -0.2) is 54.1 Å². The van der Waals surface area contributed by atoms with Gasteiger partial charge in [-0.05, 0) is 23.1 Å². The maximum atomic E-state index is 13.0. The second kappa shape index (κ2) is 8.11. The fraction of sp³-hybridized carbons (Fsp3) is 0.320. The standard InChI is InChI=1S/C25H27N3O2S/c1-26(2)25(29)24-23(19-9-5-7-11-22(19)31-24)21-16-28(12-13-30-21)15-17-14-27(3)20-10-6-4-8-18(17)20/h4-11,14,21H,12-13,15-16H2,1-3H3. The molecule has 1 aliphatic rings. The number of aromatic nitrogens is 1. The van der Waals surface area contributed by atoms with Gasteiger partial charge in [-0.25, -0.2) is 0 Å². The molecule has 1 amide bonds. The van der Waals surface area contributed by atoms with Crippen LogP contribution in [0, 0.1) is 0 Å². The van der Waals surface area contributed by atoms with E-state index in [-0.39, 0.29) is 12.0 Å². The van der Waals surface area contributed by atoms with Gasteiger partial charge in [0, 0.05) is 68.1 Å². The highest BCUT2D eigenvalue weighted by Crippen LogP contribution is 2.39. The highest BCUT2D eigenvalue weighted by molar-refractivity contribution is 7.21. The Bertz CT molecular complexity index is 1260. The van der Waals surface area contributed by atoms with Gasteiger partial charge < -0.3 is 14.2 Å². The van der Waals surface area contributed by atoms with Crippen LogP contribution in [-0.2, 0) is 18.3 Å². The largest absolute Gasteiger partial charge is 0.371 e. The quantitative estimate of drug-likeness (QED) is 0.469. The number of hydrogen-bond acceptors (Lipinski definition) is 4. The number of fused-ring (bicyclic) bond motifs is 2. The van der Waals surface area contributed by atoms with Crippen molar-refractivity contribution in [2.24, 2.45) is 7.05 Å². The Kier molecular flexibility index (Phi) is 5.30. The van der Waals surface area contributed by atoms with E-state index in [2.05, 4.69) is 59.1 Å². The molecule has 6 heteroatoms. The molecule has 0 spiro atoms. The van der Waals surface area contributed by atoms with Gasteiger partial charge in [-0.2, -0.15) is 0 Å². The first-order chi connectivity index (χ1) is 15.0. The van der Waals surface area contributed by atoms with E-state index in [1.165, 1.54) is 16.5 Å². The molecule has 1 fully saturated rings. The van der Waals surface area contributed by atoms with Crippen molar-refractivity contribution in [2.45, 2.75) is 12.6 Å². The number of benzene rings is 2. The summed E-state index contributed by atoms with van der Waals surface area (Å²) in [6, 6.07) is 16.8.